The Bertz CT molecular complexity index is 186. The van der Waals surface area contributed by atoms with Gasteiger partial charge in [0, 0.05) is 44.8 Å². The quantitative estimate of drug-likeness (QED) is 0.763. The third-order valence-corrected chi connectivity index (χ3v) is 3.90. The highest BCUT2D eigenvalue weighted by atomic mass is 15.3. The van der Waals surface area contributed by atoms with Gasteiger partial charge in [-0.05, 0) is 26.8 Å². The molecule has 0 aromatic heterocycles. The Labute approximate surface area is 101 Å². The van der Waals surface area contributed by atoms with Crippen molar-refractivity contribution in [1.82, 2.24) is 15.1 Å². The fourth-order valence-corrected chi connectivity index (χ4v) is 1.98. The largest absolute Gasteiger partial charge is 0.312 e. The maximum atomic E-state index is 3.64. The summed E-state index contributed by atoms with van der Waals surface area (Å²) in [7, 11) is 2.21. The lowest BCUT2D eigenvalue weighted by Crippen LogP contribution is -2.51. The van der Waals surface area contributed by atoms with Crippen LogP contribution >= 0.6 is 0 Å². The summed E-state index contributed by atoms with van der Waals surface area (Å²) in [6.45, 7) is 15.1. The summed E-state index contributed by atoms with van der Waals surface area (Å²) in [5, 5.41) is 3.64. The summed E-state index contributed by atoms with van der Waals surface area (Å²) >= 11 is 0. The first-order valence-corrected chi connectivity index (χ1v) is 6.66. The molecule has 1 aliphatic heterocycles. The first-order chi connectivity index (χ1) is 7.50. The van der Waals surface area contributed by atoms with Crippen molar-refractivity contribution in [2.24, 2.45) is 5.92 Å². The van der Waals surface area contributed by atoms with Gasteiger partial charge in [0.1, 0.15) is 0 Å². The van der Waals surface area contributed by atoms with E-state index in [0.29, 0.717) is 12.1 Å². The molecule has 0 aromatic carbocycles. The average molecular weight is 227 g/mol. The first kappa shape index (κ1) is 13.9. The topological polar surface area (TPSA) is 18.5 Å². The fourth-order valence-electron chi connectivity index (χ4n) is 1.98. The van der Waals surface area contributed by atoms with E-state index >= 15 is 0 Å². The smallest absolute Gasteiger partial charge is 0.0193 e. The Morgan fingerprint density at radius 1 is 1.00 bits per heavy atom. The number of likely N-dealkylation sites (N-methyl/N-ethyl adjacent to an activating group) is 1. The predicted molar refractivity (Wildman–Crippen MR) is 70.8 cm³/mol. The molecule has 2 unspecified atom stereocenters. The van der Waals surface area contributed by atoms with Crippen LogP contribution in [-0.2, 0) is 0 Å². The minimum Gasteiger partial charge on any atom is -0.312 e. The zero-order valence-electron chi connectivity index (χ0n) is 11.7. The van der Waals surface area contributed by atoms with Crippen LogP contribution < -0.4 is 5.32 Å². The second-order valence-electron chi connectivity index (χ2n) is 5.63. The van der Waals surface area contributed by atoms with Gasteiger partial charge in [-0.3, -0.25) is 4.90 Å². The Balaban J connectivity index is 2.22. The molecule has 0 aliphatic carbocycles. The molecule has 3 heteroatoms. The highest BCUT2D eigenvalue weighted by Crippen LogP contribution is 2.05. The van der Waals surface area contributed by atoms with Gasteiger partial charge in [0.2, 0.25) is 0 Å². The van der Waals surface area contributed by atoms with Gasteiger partial charge in [0.05, 0.1) is 0 Å². The molecule has 0 bridgehead atoms. The van der Waals surface area contributed by atoms with Crippen LogP contribution in [0.3, 0.4) is 0 Å². The number of rotatable bonds is 5. The fraction of sp³-hybridized carbons (Fsp3) is 1.00. The summed E-state index contributed by atoms with van der Waals surface area (Å²) < 4.78 is 0. The lowest BCUT2D eigenvalue weighted by atomic mass is 10.1. The van der Waals surface area contributed by atoms with Gasteiger partial charge in [-0.1, -0.05) is 13.8 Å². The highest BCUT2D eigenvalue weighted by Gasteiger charge is 2.19. The molecule has 1 N–H and O–H groups in total. The summed E-state index contributed by atoms with van der Waals surface area (Å²) in [4.78, 5) is 5.01. The maximum absolute atomic E-state index is 3.64. The van der Waals surface area contributed by atoms with Crippen molar-refractivity contribution < 1.29 is 0 Å². The molecule has 96 valence electrons. The zero-order valence-corrected chi connectivity index (χ0v) is 11.7. The van der Waals surface area contributed by atoms with Crippen molar-refractivity contribution in [3.05, 3.63) is 0 Å². The SMILES string of the molecule is CC(C)C(C)NCC(C)N1CCN(C)CC1. The van der Waals surface area contributed by atoms with Crippen LogP contribution in [0.4, 0.5) is 0 Å². The Hall–Kier alpha value is -0.120. The van der Waals surface area contributed by atoms with Crippen molar-refractivity contribution in [3.8, 4) is 0 Å². The van der Waals surface area contributed by atoms with Gasteiger partial charge in [0.15, 0.2) is 0 Å². The summed E-state index contributed by atoms with van der Waals surface area (Å²) in [5.41, 5.74) is 0. The van der Waals surface area contributed by atoms with E-state index in [4.69, 9.17) is 0 Å². The number of nitrogens with one attached hydrogen (secondary N) is 1. The van der Waals surface area contributed by atoms with Crippen LogP contribution in [0, 0.1) is 5.92 Å². The van der Waals surface area contributed by atoms with Gasteiger partial charge in [-0.2, -0.15) is 0 Å². The molecule has 1 rings (SSSR count). The molecule has 0 spiro atoms. The normalized spacial score (nSPS) is 23.6. The van der Waals surface area contributed by atoms with E-state index in [2.05, 4.69) is 49.9 Å². The van der Waals surface area contributed by atoms with Crippen molar-refractivity contribution in [2.45, 2.75) is 39.8 Å². The number of hydrogen-bond donors (Lipinski definition) is 1. The minimum absolute atomic E-state index is 0.620. The van der Waals surface area contributed by atoms with E-state index in [9.17, 15) is 0 Å². The molecule has 2 atom stereocenters. The minimum atomic E-state index is 0.620. The molecule has 1 saturated heterocycles. The summed E-state index contributed by atoms with van der Waals surface area (Å²) in [6.07, 6.45) is 0. The lowest BCUT2D eigenvalue weighted by molar-refractivity contribution is 0.115. The lowest BCUT2D eigenvalue weighted by Gasteiger charge is -2.37. The molecule has 1 aliphatic rings. The van der Waals surface area contributed by atoms with Gasteiger partial charge in [-0.15, -0.1) is 0 Å². The molecule has 0 radical (unpaired) electrons. The number of piperazine rings is 1. The Morgan fingerprint density at radius 2 is 1.56 bits per heavy atom. The van der Waals surface area contributed by atoms with E-state index in [-0.39, 0.29) is 0 Å². The second kappa shape index (κ2) is 6.58. The first-order valence-electron chi connectivity index (χ1n) is 6.66. The van der Waals surface area contributed by atoms with Crippen LogP contribution in [-0.4, -0.2) is 61.7 Å². The molecule has 0 aromatic rings. The van der Waals surface area contributed by atoms with Crippen molar-refractivity contribution in [2.75, 3.05) is 39.8 Å². The van der Waals surface area contributed by atoms with Crippen molar-refractivity contribution in [3.63, 3.8) is 0 Å². The highest BCUT2D eigenvalue weighted by molar-refractivity contribution is 4.77. The molecule has 1 heterocycles. The van der Waals surface area contributed by atoms with Gasteiger partial charge in [-0.25, -0.2) is 0 Å². The summed E-state index contributed by atoms with van der Waals surface area (Å²) in [6, 6.07) is 1.28. The van der Waals surface area contributed by atoms with Gasteiger partial charge in [0.25, 0.3) is 0 Å². The molecule has 16 heavy (non-hydrogen) atoms. The molecule has 3 nitrogen and oxygen atoms in total. The third-order valence-electron chi connectivity index (χ3n) is 3.90. The van der Waals surface area contributed by atoms with Crippen LogP contribution in [0.15, 0.2) is 0 Å². The van der Waals surface area contributed by atoms with E-state index in [1.165, 1.54) is 26.2 Å². The molecule has 0 amide bonds. The third kappa shape index (κ3) is 4.40. The summed E-state index contributed by atoms with van der Waals surface area (Å²) in [5.74, 6) is 0.722. The van der Waals surface area contributed by atoms with Gasteiger partial charge >= 0.3 is 0 Å². The maximum Gasteiger partial charge on any atom is 0.0193 e. The van der Waals surface area contributed by atoms with E-state index in [1.807, 2.05) is 0 Å². The molecular formula is C13H29N3. The average Bonchev–Trinajstić information content (AvgIpc) is 2.26. The molecule has 1 fully saturated rings. The molecule has 0 saturated carbocycles. The Kier molecular flexibility index (Phi) is 5.73. The standard InChI is InChI=1S/C13H29N3/c1-11(2)13(4)14-10-12(3)16-8-6-15(5)7-9-16/h11-14H,6-10H2,1-5H3. The van der Waals surface area contributed by atoms with Gasteiger partial charge < -0.3 is 10.2 Å². The van der Waals surface area contributed by atoms with E-state index < -0.39 is 0 Å². The number of hydrogen-bond acceptors (Lipinski definition) is 3. The predicted octanol–water partition coefficient (Wildman–Crippen LogP) is 1.26. The van der Waals surface area contributed by atoms with Crippen molar-refractivity contribution in [1.29, 1.82) is 0 Å². The monoisotopic (exact) mass is 227 g/mol. The van der Waals surface area contributed by atoms with E-state index in [0.717, 1.165) is 12.5 Å². The van der Waals surface area contributed by atoms with Crippen LogP contribution in [0.25, 0.3) is 0 Å². The van der Waals surface area contributed by atoms with Crippen LogP contribution in [0.5, 0.6) is 0 Å². The zero-order chi connectivity index (χ0) is 12.1. The van der Waals surface area contributed by atoms with Crippen LogP contribution in [0.2, 0.25) is 0 Å². The van der Waals surface area contributed by atoms with Crippen LogP contribution in [0.1, 0.15) is 27.7 Å². The van der Waals surface area contributed by atoms with E-state index in [1.54, 1.807) is 0 Å². The number of nitrogens with zero attached hydrogens (tertiary/aromatic N) is 2. The van der Waals surface area contributed by atoms with Crippen molar-refractivity contribution >= 4 is 0 Å². The second-order valence-corrected chi connectivity index (χ2v) is 5.63. The molecular weight excluding hydrogens is 198 g/mol. The Morgan fingerprint density at radius 3 is 2.06 bits per heavy atom.